The summed E-state index contributed by atoms with van der Waals surface area (Å²) in [6.45, 7) is 0. The van der Waals surface area contributed by atoms with Gasteiger partial charge >= 0.3 is 0 Å². The molecule has 0 spiro atoms. The summed E-state index contributed by atoms with van der Waals surface area (Å²) in [7, 11) is 0. The number of rotatable bonds is 0. The van der Waals surface area contributed by atoms with Gasteiger partial charge in [-0.15, -0.1) is 0 Å². The quantitative estimate of drug-likeness (QED) is 0.460. The number of hydrogen-bond acceptors (Lipinski definition) is 1. The average Bonchev–Trinajstić information content (AvgIpc) is 2.23. The van der Waals surface area contributed by atoms with Gasteiger partial charge in [0, 0.05) is 5.92 Å². The van der Waals surface area contributed by atoms with E-state index < -0.39 is 0 Å². The lowest BCUT2D eigenvalue weighted by molar-refractivity contribution is 0.148. The standard InChI is InChI=1S/C7H10O/c8-7-4-5-1-2-6(7)3-5/h1-2,5-8H,3-4H2/t5-,6+,7-/m1/s1. The third-order valence-corrected chi connectivity index (χ3v) is 2.24. The van der Waals surface area contributed by atoms with E-state index in [9.17, 15) is 0 Å². The fourth-order valence-electron chi connectivity index (χ4n) is 1.75. The molecule has 2 aliphatic carbocycles. The first kappa shape index (κ1) is 4.57. The Hall–Kier alpha value is -0.300. The van der Waals surface area contributed by atoms with Crippen molar-refractivity contribution in [2.45, 2.75) is 18.9 Å². The van der Waals surface area contributed by atoms with Crippen LogP contribution in [0.2, 0.25) is 0 Å². The normalized spacial score (nSPS) is 50.9. The van der Waals surface area contributed by atoms with Gasteiger partial charge in [0.2, 0.25) is 0 Å². The van der Waals surface area contributed by atoms with E-state index in [1.165, 1.54) is 6.42 Å². The Morgan fingerprint density at radius 2 is 2.12 bits per heavy atom. The van der Waals surface area contributed by atoms with Gasteiger partial charge in [-0.1, -0.05) is 12.2 Å². The van der Waals surface area contributed by atoms with Crippen LogP contribution in [0.4, 0.5) is 0 Å². The van der Waals surface area contributed by atoms with Gasteiger partial charge in [0.15, 0.2) is 0 Å². The topological polar surface area (TPSA) is 20.2 Å². The maximum Gasteiger partial charge on any atom is 0.0608 e. The zero-order valence-electron chi connectivity index (χ0n) is 4.75. The third-order valence-electron chi connectivity index (χ3n) is 2.24. The summed E-state index contributed by atoms with van der Waals surface area (Å²) in [6.07, 6.45) is 6.60. The lowest BCUT2D eigenvalue weighted by Crippen LogP contribution is -2.11. The van der Waals surface area contributed by atoms with Crippen molar-refractivity contribution in [1.29, 1.82) is 0 Å². The molecule has 1 fully saturated rings. The minimum Gasteiger partial charge on any atom is -0.392 e. The zero-order chi connectivity index (χ0) is 5.56. The Bertz CT molecular complexity index is 128. The Morgan fingerprint density at radius 3 is 2.38 bits per heavy atom. The van der Waals surface area contributed by atoms with Crippen LogP contribution in [0.5, 0.6) is 0 Å². The number of allylic oxidation sites excluding steroid dienone is 1. The van der Waals surface area contributed by atoms with Crippen molar-refractivity contribution >= 4 is 0 Å². The minimum absolute atomic E-state index is 0.00926. The molecule has 1 heteroatoms. The van der Waals surface area contributed by atoms with Crippen molar-refractivity contribution < 1.29 is 5.11 Å². The Morgan fingerprint density at radius 1 is 1.25 bits per heavy atom. The van der Waals surface area contributed by atoms with Gasteiger partial charge in [-0.2, -0.15) is 0 Å². The second-order valence-corrected chi connectivity index (χ2v) is 2.85. The van der Waals surface area contributed by atoms with Crippen molar-refractivity contribution in [3.63, 3.8) is 0 Å². The highest BCUT2D eigenvalue weighted by Gasteiger charge is 2.33. The van der Waals surface area contributed by atoms with Crippen LogP contribution in [0.3, 0.4) is 0 Å². The van der Waals surface area contributed by atoms with Crippen LogP contribution in [0.1, 0.15) is 12.8 Å². The summed E-state index contributed by atoms with van der Waals surface area (Å²) in [6, 6.07) is 0. The summed E-state index contributed by atoms with van der Waals surface area (Å²) in [5, 5.41) is 9.17. The van der Waals surface area contributed by atoms with Crippen LogP contribution < -0.4 is 0 Å². The molecule has 0 amide bonds. The molecule has 0 aliphatic heterocycles. The van der Waals surface area contributed by atoms with Crippen molar-refractivity contribution in [3.8, 4) is 0 Å². The van der Waals surface area contributed by atoms with Gasteiger partial charge in [0.05, 0.1) is 6.10 Å². The molecule has 1 N–H and O–H groups in total. The van der Waals surface area contributed by atoms with E-state index in [2.05, 4.69) is 12.2 Å². The van der Waals surface area contributed by atoms with Crippen molar-refractivity contribution in [2.24, 2.45) is 11.8 Å². The Labute approximate surface area is 49.0 Å². The first-order valence-electron chi connectivity index (χ1n) is 3.22. The summed E-state index contributed by atoms with van der Waals surface area (Å²) in [5.74, 6) is 1.23. The molecule has 0 radical (unpaired) electrons. The van der Waals surface area contributed by atoms with E-state index in [0.29, 0.717) is 5.92 Å². The van der Waals surface area contributed by atoms with Crippen molar-refractivity contribution in [1.82, 2.24) is 0 Å². The molecule has 2 bridgehead atoms. The predicted octanol–water partition coefficient (Wildman–Crippen LogP) is 0.943. The van der Waals surface area contributed by atoms with Gasteiger partial charge in [-0.25, -0.2) is 0 Å². The molecular weight excluding hydrogens is 100 g/mol. The Kier molecular flexibility index (Phi) is 0.770. The number of hydrogen-bond donors (Lipinski definition) is 1. The van der Waals surface area contributed by atoms with Gasteiger partial charge in [-0.05, 0) is 18.8 Å². The Balaban J connectivity index is 2.23. The lowest BCUT2D eigenvalue weighted by atomic mass is 10.1. The van der Waals surface area contributed by atoms with E-state index in [1.54, 1.807) is 0 Å². The second-order valence-electron chi connectivity index (χ2n) is 2.85. The molecule has 3 atom stereocenters. The summed E-state index contributed by atoms with van der Waals surface area (Å²) in [5.41, 5.74) is 0. The van der Waals surface area contributed by atoms with E-state index >= 15 is 0 Å². The smallest absolute Gasteiger partial charge is 0.0608 e. The summed E-state index contributed by atoms with van der Waals surface area (Å²) < 4.78 is 0. The molecular formula is C7H10O. The molecule has 2 aliphatic rings. The number of aliphatic hydroxyl groups excluding tert-OH is 1. The maximum absolute atomic E-state index is 9.17. The zero-order valence-corrected chi connectivity index (χ0v) is 4.75. The van der Waals surface area contributed by atoms with Gasteiger partial charge < -0.3 is 5.11 Å². The molecule has 1 saturated carbocycles. The molecule has 0 saturated heterocycles. The maximum atomic E-state index is 9.17. The first-order valence-corrected chi connectivity index (χ1v) is 3.22. The molecule has 1 nitrogen and oxygen atoms in total. The van der Waals surface area contributed by atoms with E-state index in [4.69, 9.17) is 5.11 Å². The third kappa shape index (κ3) is 0.451. The molecule has 8 heavy (non-hydrogen) atoms. The SMILES string of the molecule is O[C@@H]1C[C@@H]2C=C[C@H]1C2. The van der Waals surface area contributed by atoms with Gasteiger partial charge in [-0.3, -0.25) is 0 Å². The minimum atomic E-state index is -0.00926. The molecule has 0 aromatic heterocycles. The largest absolute Gasteiger partial charge is 0.392 e. The highest BCUT2D eigenvalue weighted by atomic mass is 16.3. The summed E-state index contributed by atoms with van der Waals surface area (Å²) >= 11 is 0. The predicted molar refractivity (Wildman–Crippen MR) is 31.4 cm³/mol. The van der Waals surface area contributed by atoms with E-state index in [0.717, 1.165) is 12.3 Å². The highest BCUT2D eigenvalue weighted by molar-refractivity contribution is 5.10. The fourth-order valence-corrected chi connectivity index (χ4v) is 1.75. The van der Waals surface area contributed by atoms with Crippen LogP contribution in [0.25, 0.3) is 0 Å². The number of fused-ring (bicyclic) bond motifs is 2. The molecule has 44 valence electrons. The highest BCUT2D eigenvalue weighted by Crippen LogP contribution is 2.38. The van der Waals surface area contributed by atoms with Gasteiger partial charge in [0.25, 0.3) is 0 Å². The van der Waals surface area contributed by atoms with E-state index in [-0.39, 0.29) is 6.10 Å². The lowest BCUT2D eigenvalue weighted by Gasteiger charge is -2.08. The fraction of sp³-hybridized carbons (Fsp3) is 0.714. The van der Waals surface area contributed by atoms with Gasteiger partial charge in [0.1, 0.15) is 0 Å². The van der Waals surface area contributed by atoms with Crippen LogP contribution >= 0.6 is 0 Å². The van der Waals surface area contributed by atoms with Crippen LogP contribution in [-0.2, 0) is 0 Å². The first-order chi connectivity index (χ1) is 3.86. The van der Waals surface area contributed by atoms with Crippen molar-refractivity contribution in [2.75, 3.05) is 0 Å². The van der Waals surface area contributed by atoms with E-state index in [1.807, 2.05) is 0 Å². The summed E-state index contributed by atoms with van der Waals surface area (Å²) in [4.78, 5) is 0. The van der Waals surface area contributed by atoms with Crippen LogP contribution in [0.15, 0.2) is 12.2 Å². The number of aliphatic hydroxyl groups is 1. The second kappa shape index (κ2) is 1.35. The molecule has 0 heterocycles. The van der Waals surface area contributed by atoms with Crippen LogP contribution in [0, 0.1) is 11.8 Å². The van der Waals surface area contributed by atoms with Crippen LogP contribution in [-0.4, -0.2) is 11.2 Å². The van der Waals surface area contributed by atoms with Crippen molar-refractivity contribution in [3.05, 3.63) is 12.2 Å². The molecule has 2 rings (SSSR count). The monoisotopic (exact) mass is 110 g/mol. The molecule has 0 aromatic rings. The molecule has 0 unspecified atom stereocenters. The average molecular weight is 110 g/mol. The molecule has 0 aromatic carbocycles.